The highest BCUT2D eigenvalue weighted by molar-refractivity contribution is 7.98. The summed E-state index contributed by atoms with van der Waals surface area (Å²) in [6, 6.07) is 20.1. The Morgan fingerprint density at radius 3 is 2.39 bits per heavy atom. The number of halogens is 1. The molecule has 0 aromatic heterocycles. The molecule has 0 saturated carbocycles. The summed E-state index contributed by atoms with van der Waals surface area (Å²) in [4.78, 5) is 12.8. The van der Waals surface area contributed by atoms with Gasteiger partial charge in [0.15, 0.2) is 0 Å². The molecule has 0 spiro atoms. The number of aryl methyl sites for hydroxylation is 1. The Labute approximate surface area is 199 Å². The summed E-state index contributed by atoms with van der Waals surface area (Å²) in [7, 11) is -3.94. The fourth-order valence-electron chi connectivity index (χ4n) is 3.27. The number of thioether (sulfide) groups is 1. The van der Waals surface area contributed by atoms with Crippen molar-refractivity contribution in [3.8, 4) is 0 Å². The van der Waals surface area contributed by atoms with Crippen LogP contribution >= 0.6 is 11.8 Å². The van der Waals surface area contributed by atoms with Gasteiger partial charge < -0.3 is 5.32 Å². The number of sulfonamides is 1. The summed E-state index contributed by atoms with van der Waals surface area (Å²) in [6.07, 6.45) is 0. The van der Waals surface area contributed by atoms with Crippen LogP contribution in [0.15, 0.2) is 77.7 Å². The van der Waals surface area contributed by atoms with Crippen molar-refractivity contribution in [2.75, 3.05) is 23.1 Å². The summed E-state index contributed by atoms with van der Waals surface area (Å²) < 4.78 is 41.7. The molecule has 0 saturated heterocycles. The monoisotopic (exact) mass is 486 g/mol. The molecule has 0 aliphatic heterocycles. The molecule has 3 rings (SSSR count). The molecule has 174 valence electrons. The molecule has 0 aliphatic rings. The van der Waals surface area contributed by atoms with Crippen LogP contribution in [0.5, 0.6) is 0 Å². The van der Waals surface area contributed by atoms with Crippen LogP contribution in [0, 0.1) is 19.7 Å². The second-order valence-electron chi connectivity index (χ2n) is 7.54. The van der Waals surface area contributed by atoms with Crippen molar-refractivity contribution >= 4 is 33.4 Å². The second-order valence-corrected chi connectivity index (χ2v) is 10.5. The van der Waals surface area contributed by atoms with E-state index in [4.69, 9.17) is 0 Å². The molecular formula is C25H27FN2O3S2. The molecule has 0 aliphatic carbocycles. The third-order valence-corrected chi connectivity index (χ3v) is 8.03. The Kier molecular flexibility index (Phi) is 8.52. The molecule has 0 radical (unpaired) electrons. The van der Waals surface area contributed by atoms with Crippen molar-refractivity contribution in [2.24, 2.45) is 0 Å². The lowest BCUT2D eigenvalue weighted by Crippen LogP contribution is -2.41. The number of amides is 1. The maximum atomic E-state index is 13.7. The molecule has 0 bridgehead atoms. The molecule has 1 amide bonds. The Balaban J connectivity index is 1.68. The van der Waals surface area contributed by atoms with Crippen LogP contribution < -0.4 is 9.62 Å². The Morgan fingerprint density at radius 1 is 0.970 bits per heavy atom. The van der Waals surface area contributed by atoms with Crippen LogP contribution in [0.2, 0.25) is 0 Å². The molecule has 8 heteroatoms. The number of carbonyl (C=O) groups excluding carboxylic acids is 1. The first-order valence-electron chi connectivity index (χ1n) is 10.5. The van der Waals surface area contributed by atoms with Gasteiger partial charge in [-0.3, -0.25) is 9.10 Å². The lowest BCUT2D eigenvalue weighted by Gasteiger charge is -2.26. The molecule has 0 atom stereocenters. The molecule has 1 N–H and O–H groups in total. The van der Waals surface area contributed by atoms with Crippen LogP contribution in [0.1, 0.15) is 16.7 Å². The number of anilines is 1. The zero-order valence-electron chi connectivity index (χ0n) is 18.6. The van der Waals surface area contributed by atoms with Crippen LogP contribution in [0.4, 0.5) is 10.1 Å². The minimum Gasteiger partial charge on any atom is -0.354 e. The number of rotatable bonds is 10. The predicted octanol–water partition coefficient (Wildman–Crippen LogP) is 4.69. The average molecular weight is 487 g/mol. The summed E-state index contributed by atoms with van der Waals surface area (Å²) >= 11 is 1.50. The van der Waals surface area contributed by atoms with Gasteiger partial charge in [0.05, 0.1) is 10.6 Å². The highest BCUT2D eigenvalue weighted by Gasteiger charge is 2.28. The Morgan fingerprint density at radius 2 is 1.67 bits per heavy atom. The van der Waals surface area contributed by atoms with Gasteiger partial charge in [-0.05, 0) is 54.8 Å². The van der Waals surface area contributed by atoms with Gasteiger partial charge in [-0.1, -0.05) is 48.5 Å². The minimum atomic E-state index is -3.94. The quantitative estimate of drug-likeness (QED) is 0.423. The van der Waals surface area contributed by atoms with Gasteiger partial charge in [0.25, 0.3) is 10.0 Å². The Bertz CT molecular complexity index is 1200. The van der Waals surface area contributed by atoms with Crippen LogP contribution in [-0.4, -0.2) is 33.2 Å². The molecule has 0 fully saturated rings. The van der Waals surface area contributed by atoms with Crippen molar-refractivity contribution in [3.05, 3.63) is 95.3 Å². The topological polar surface area (TPSA) is 66.5 Å². The zero-order valence-corrected chi connectivity index (χ0v) is 20.3. The highest BCUT2D eigenvalue weighted by atomic mass is 32.2. The van der Waals surface area contributed by atoms with Gasteiger partial charge in [-0.25, -0.2) is 12.8 Å². The van der Waals surface area contributed by atoms with Gasteiger partial charge in [0.2, 0.25) is 5.91 Å². The third-order valence-electron chi connectivity index (χ3n) is 5.25. The first-order chi connectivity index (χ1) is 15.8. The second kappa shape index (κ2) is 11.3. The molecule has 3 aromatic carbocycles. The lowest BCUT2D eigenvalue weighted by atomic mass is 10.1. The fraction of sp³-hybridized carbons (Fsp3) is 0.240. The smallest absolute Gasteiger partial charge is 0.264 e. The van der Waals surface area contributed by atoms with Gasteiger partial charge >= 0.3 is 0 Å². The molecule has 3 aromatic rings. The van der Waals surface area contributed by atoms with Crippen molar-refractivity contribution in [1.29, 1.82) is 0 Å². The van der Waals surface area contributed by atoms with Crippen molar-refractivity contribution in [2.45, 2.75) is 24.5 Å². The largest absolute Gasteiger partial charge is 0.354 e. The van der Waals surface area contributed by atoms with Crippen molar-refractivity contribution < 1.29 is 17.6 Å². The van der Waals surface area contributed by atoms with E-state index in [-0.39, 0.29) is 17.3 Å². The van der Waals surface area contributed by atoms with Gasteiger partial charge in [-0.2, -0.15) is 11.8 Å². The normalized spacial score (nSPS) is 11.2. The van der Waals surface area contributed by atoms with E-state index in [1.165, 1.54) is 30.0 Å². The van der Waals surface area contributed by atoms with Crippen LogP contribution in [-0.2, 0) is 20.6 Å². The summed E-state index contributed by atoms with van der Waals surface area (Å²) in [5, 5.41) is 2.78. The van der Waals surface area contributed by atoms with Crippen molar-refractivity contribution in [3.63, 3.8) is 0 Å². The van der Waals surface area contributed by atoms with E-state index in [2.05, 4.69) is 5.32 Å². The van der Waals surface area contributed by atoms with E-state index in [9.17, 15) is 17.6 Å². The van der Waals surface area contributed by atoms with E-state index in [0.29, 0.717) is 29.3 Å². The highest BCUT2D eigenvalue weighted by Crippen LogP contribution is 2.28. The van der Waals surface area contributed by atoms with Crippen LogP contribution in [0.25, 0.3) is 0 Å². The molecular weight excluding hydrogens is 459 g/mol. The molecule has 0 heterocycles. The SMILES string of the molecule is Cc1cccc(N(CC(=O)NCCSCc2ccccc2F)S(=O)(=O)c2ccccc2)c1C. The summed E-state index contributed by atoms with van der Waals surface area (Å²) in [5.41, 5.74) is 2.82. The standard InChI is InChI=1S/C25H27FN2O3S2/c1-19-9-8-14-24(20(19)2)28(33(30,31)22-11-4-3-5-12-22)17-25(29)27-15-16-32-18-21-10-6-7-13-23(21)26/h3-14H,15-18H2,1-2H3,(H,27,29). The molecule has 33 heavy (non-hydrogen) atoms. The fourth-order valence-corrected chi connectivity index (χ4v) is 5.62. The molecule has 5 nitrogen and oxygen atoms in total. The summed E-state index contributed by atoms with van der Waals surface area (Å²) in [5.74, 6) is 0.431. The Hall–Kier alpha value is -2.84. The van der Waals surface area contributed by atoms with E-state index >= 15 is 0 Å². The number of nitrogens with zero attached hydrogens (tertiary/aromatic N) is 1. The zero-order chi connectivity index (χ0) is 23.8. The van der Waals surface area contributed by atoms with Gasteiger partial charge in [0.1, 0.15) is 12.4 Å². The first kappa shape index (κ1) is 24.8. The van der Waals surface area contributed by atoms with E-state index in [0.717, 1.165) is 15.4 Å². The van der Waals surface area contributed by atoms with Gasteiger partial charge in [-0.15, -0.1) is 0 Å². The number of nitrogens with one attached hydrogen (secondary N) is 1. The number of hydrogen-bond donors (Lipinski definition) is 1. The summed E-state index contributed by atoms with van der Waals surface area (Å²) in [6.45, 7) is 3.76. The number of carbonyl (C=O) groups is 1. The third kappa shape index (κ3) is 6.36. The maximum absolute atomic E-state index is 13.7. The average Bonchev–Trinajstić information content (AvgIpc) is 2.81. The molecule has 0 unspecified atom stereocenters. The van der Waals surface area contributed by atoms with Crippen molar-refractivity contribution in [1.82, 2.24) is 5.32 Å². The van der Waals surface area contributed by atoms with Crippen LogP contribution in [0.3, 0.4) is 0 Å². The van der Waals surface area contributed by atoms with Gasteiger partial charge in [0, 0.05) is 18.1 Å². The van der Waals surface area contributed by atoms with E-state index in [1.807, 2.05) is 19.9 Å². The van der Waals surface area contributed by atoms with E-state index < -0.39 is 15.9 Å². The number of benzene rings is 3. The minimum absolute atomic E-state index is 0.124. The van der Waals surface area contributed by atoms with E-state index in [1.54, 1.807) is 48.5 Å². The predicted molar refractivity (Wildman–Crippen MR) is 132 cm³/mol. The maximum Gasteiger partial charge on any atom is 0.264 e. The number of hydrogen-bond acceptors (Lipinski definition) is 4. The lowest BCUT2D eigenvalue weighted by molar-refractivity contribution is -0.119. The first-order valence-corrected chi connectivity index (χ1v) is 13.1.